The first-order valence-corrected chi connectivity index (χ1v) is 8.39. The minimum Gasteiger partial charge on any atom is -0.495 e. The second-order valence-electron chi connectivity index (χ2n) is 5.93. The average Bonchev–Trinajstić information content (AvgIpc) is 2.67. The van der Waals surface area contributed by atoms with Crippen molar-refractivity contribution >= 4 is 11.6 Å². The summed E-state index contributed by atoms with van der Waals surface area (Å²) in [5.41, 5.74) is 3.19. The summed E-state index contributed by atoms with van der Waals surface area (Å²) in [6.07, 6.45) is 0. The molecule has 0 atom stereocenters. The van der Waals surface area contributed by atoms with Crippen molar-refractivity contribution in [2.24, 2.45) is 0 Å². The van der Waals surface area contributed by atoms with Crippen LogP contribution in [-0.4, -0.2) is 13.0 Å². The fourth-order valence-electron chi connectivity index (χ4n) is 2.62. The zero-order valence-electron chi connectivity index (χ0n) is 14.9. The monoisotopic (exact) mass is 347 g/mol. The summed E-state index contributed by atoms with van der Waals surface area (Å²) in [6, 6.07) is 22.7. The number of hydrogen-bond donors (Lipinski definition) is 1. The number of nitrogens with one attached hydrogen (secondary N) is 1. The summed E-state index contributed by atoms with van der Waals surface area (Å²) in [5, 5.41) is 2.91. The van der Waals surface area contributed by atoms with Crippen molar-refractivity contribution in [2.75, 3.05) is 12.4 Å². The molecule has 26 heavy (non-hydrogen) atoms. The van der Waals surface area contributed by atoms with E-state index in [1.807, 2.05) is 67.6 Å². The van der Waals surface area contributed by atoms with Gasteiger partial charge >= 0.3 is 0 Å². The molecule has 4 nitrogen and oxygen atoms in total. The van der Waals surface area contributed by atoms with Crippen LogP contribution in [-0.2, 0) is 6.61 Å². The van der Waals surface area contributed by atoms with Crippen LogP contribution in [0, 0.1) is 6.92 Å². The van der Waals surface area contributed by atoms with Gasteiger partial charge in [-0.15, -0.1) is 0 Å². The zero-order chi connectivity index (χ0) is 18.4. The Labute approximate surface area is 153 Å². The van der Waals surface area contributed by atoms with Crippen LogP contribution in [0.2, 0.25) is 0 Å². The van der Waals surface area contributed by atoms with E-state index in [-0.39, 0.29) is 5.91 Å². The van der Waals surface area contributed by atoms with Crippen LogP contribution < -0.4 is 14.8 Å². The molecule has 0 bridgehead atoms. The fraction of sp³-hybridized carbons (Fsp3) is 0.136. The summed E-state index contributed by atoms with van der Waals surface area (Å²) >= 11 is 0. The maximum Gasteiger partial charge on any atom is 0.259 e. The standard InChI is InChI=1S/C22H21NO3/c1-16-12-13-21(25-2)19(14-16)23-22(24)18-10-6-7-11-20(18)26-15-17-8-4-3-5-9-17/h3-14H,15H2,1-2H3,(H,23,24). The molecule has 0 saturated heterocycles. The van der Waals surface area contributed by atoms with Gasteiger partial charge in [-0.25, -0.2) is 0 Å². The van der Waals surface area contributed by atoms with Crippen LogP contribution >= 0.6 is 0 Å². The summed E-state index contributed by atoms with van der Waals surface area (Å²) in [5.74, 6) is 0.921. The van der Waals surface area contributed by atoms with Gasteiger partial charge in [0.1, 0.15) is 18.1 Å². The maximum absolute atomic E-state index is 12.8. The Kier molecular flexibility index (Phi) is 5.54. The molecule has 1 N–H and O–H groups in total. The molecule has 132 valence electrons. The quantitative estimate of drug-likeness (QED) is 0.694. The van der Waals surface area contributed by atoms with Gasteiger partial charge in [-0.3, -0.25) is 4.79 Å². The third-order valence-electron chi connectivity index (χ3n) is 3.97. The predicted molar refractivity (Wildman–Crippen MR) is 103 cm³/mol. The third kappa shape index (κ3) is 4.22. The molecule has 0 saturated carbocycles. The number of rotatable bonds is 6. The molecule has 0 aromatic heterocycles. The molecular weight excluding hydrogens is 326 g/mol. The van der Waals surface area contributed by atoms with Crippen LogP contribution in [0.5, 0.6) is 11.5 Å². The van der Waals surface area contributed by atoms with Gasteiger partial charge in [0.2, 0.25) is 0 Å². The van der Waals surface area contributed by atoms with Gasteiger partial charge in [-0.1, -0.05) is 48.5 Å². The van der Waals surface area contributed by atoms with E-state index in [4.69, 9.17) is 9.47 Å². The first-order valence-electron chi connectivity index (χ1n) is 8.39. The van der Waals surface area contributed by atoms with Crippen molar-refractivity contribution in [1.82, 2.24) is 0 Å². The molecule has 3 rings (SSSR count). The van der Waals surface area contributed by atoms with Gasteiger partial charge in [0.25, 0.3) is 5.91 Å². The number of carbonyl (C=O) groups excluding carboxylic acids is 1. The lowest BCUT2D eigenvalue weighted by Gasteiger charge is -2.14. The number of anilines is 1. The Hall–Kier alpha value is -3.27. The molecule has 0 fully saturated rings. The van der Waals surface area contributed by atoms with E-state index >= 15 is 0 Å². The molecule has 3 aromatic carbocycles. The Morgan fingerprint density at radius 2 is 1.65 bits per heavy atom. The Morgan fingerprint density at radius 3 is 2.42 bits per heavy atom. The zero-order valence-corrected chi connectivity index (χ0v) is 14.9. The number of methoxy groups -OCH3 is 1. The second-order valence-corrected chi connectivity index (χ2v) is 5.93. The van der Waals surface area contributed by atoms with Crippen molar-refractivity contribution < 1.29 is 14.3 Å². The molecule has 3 aromatic rings. The van der Waals surface area contributed by atoms with Gasteiger partial charge in [0.15, 0.2) is 0 Å². The van der Waals surface area contributed by atoms with E-state index in [1.54, 1.807) is 19.2 Å². The first-order chi connectivity index (χ1) is 12.7. The van der Waals surface area contributed by atoms with Crippen LogP contribution in [0.25, 0.3) is 0 Å². The van der Waals surface area contributed by atoms with Gasteiger partial charge < -0.3 is 14.8 Å². The van der Waals surface area contributed by atoms with Gasteiger partial charge in [-0.05, 0) is 42.3 Å². The van der Waals surface area contributed by atoms with E-state index in [9.17, 15) is 4.79 Å². The maximum atomic E-state index is 12.8. The molecule has 4 heteroatoms. The Balaban J connectivity index is 1.79. The number of benzene rings is 3. The lowest BCUT2D eigenvalue weighted by molar-refractivity contribution is 0.102. The lowest BCUT2D eigenvalue weighted by atomic mass is 10.1. The SMILES string of the molecule is COc1ccc(C)cc1NC(=O)c1ccccc1OCc1ccccc1. The van der Waals surface area contributed by atoms with Crippen molar-refractivity contribution in [3.63, 3.8) is 0 Å². The highest BCUT2D eigenvalue weighted by atomic mass is 16.5. The van der Waals surface area contributed by atoms with Gasteiger partial charge in [0, 0.05) is 0 Å². The lowest BCUT2D eigenvalue weighted by Crippen LogP contribution is -2.14. The largest absolute Gasteiger partial charge is 0.495 e. The van der Waals surface area contributed by atoms with Gasteiger partial charge in [-0.2, -0.15) is 0 Å². The molecule has 0 unspecified atom stereocenters. The molecule has 0 radical (unpaired) electrons. The van der Waals surface area contributed by atoms with Crippen molar-refractivity contribution in [1.29, 1.82) is 0 Å². The molecule has 0 spiro atoms. The number of hydrogen-bond acceptors (Lipinski definition) is 3. The van der Waals surface area contributed by atoms with Gasteiger partial charge in [0.05, 0.1) is 18.4 Å². The minimum absolute atomic E-state index is 0.238. The Morgan fingerprint density at radius 1 is 0.923 bits per heavy atom. The molecule has 0 aliphatic heterocycles. The Bertz CT molecular complexity index is 891. The minimum atomic E-state index is -0.238. The summed E-state index contributed by atoms with van der Waals surface area (Å²) < 4.78 is 11.2. The number of carbonyl (C=O) groups is 1. The molecule has 0 aliphatic carbocycles. The van der Waals surface area contributed by atoms with Crippen LogP contribution in [0.1, 0.15) is 21.5 Å². The normalized spacial score (nSPS) is 10.2. The fourth-order valence-corrected chi connectivity index (χ4v) is 2.62. The van der Waals surface area contributed by atoms with E-state index in [1.165, 1.54) is 0 Å². The molecule has 0 aliphatic rings. The highest BCUT2D eigenvalue weighted by Gasteiger charge is 2.14. The summed E-state index contributed by atoms with van der Waals surface area (Å²) in [7, 11) is 1.58. The van der Waals surface area contributed by atoms with Crippen LogP contribution in [0.3, 0.4) is 0 Å². The highest BCUT2D eigenvalue weighted by Crippen LogP contribution is 2.27. The van der Waals surface area contributed by atoms with Crippen LogP contribution in [0.15, 0.2) is 72.8 Å². The molecule has 0 heterocycles. The van der Waals surface area contributed by atoms with E-state index < -0.39 is 0 Å². The first kappa shape index (κ1) is 17.5. The van der Waals surface area contributed by atoms with Crippen molar-refractivity contribution in [2.45, 2.75) is 13.5 Å². The van der Waals surface area contributed by atoms with E-state index in [0.29, 0.717) is 29.4 Å². The summed E-state index contributed by atoms with van der Waals surface area (Å²) in [6.45, 7) is 2.37. The molecular formula is C22H21NO3. The van der Waals surface area contributed by atoms with Crippen LogP contribution in [0.4, 0.5) is 5.69 Å². The number of para-hydroxylation sites is 1. The summed E-state index contributed by atoms with van der Waals surface area (Å²) in [4.78, 5) is 12.8. The second kappa shape index (κ2) is 8.21. The van der Waals surface area contributed by atoms with Crippen molar-refractivity contribution in [3.8, 4) is 11.5 Å². The highest BCUT2D eigenvalue weighted by molar-refractivity contribution is 6.06. The average molecular weight is 347 g/mol. The van der Waals surface area contributed by atoms with Crippen molar-refractivity contribution in [3.05, 3.63) is 89.5 Å². The topological polar surface area (TPSA) is 47.6 Å². The number of amides is 1. The molecule has 1 amide bonds. The number of aryl methyl sites for hydroxylation is 1. The smallest absolute Gasteiger partial charge is 0.259 e. The predicted octanol–water partition coefficient (Wildman–Crippen LogP) is 4.83. The number of ether oxygens (including phenoxy) is 2. The van der Waals surface area contributed by atoms with E-state index in [0.717, 1.165) is 11.1 Å². The third-order valence-corrected chi connectivity index (χ3v) is 3.97. The van der Waals surface area contributed by atoms with E-state index in [2.05, 4.69) is 5.32 Å².